The van der Waals surface area contributed by atoms with Crippen LogP contribution in [0.2, 0.25) is 0 Å². The standard InChI is InChI=1S/C15H21NO4/c1-15(2,3)13(14(18)19)16-12(17)9-10-20-11-7-5-4-6-8-11/h4-8,13H,9-10H2,1-3H3,(H,16,17)(H,18,19)/t13-/m0/s1. The maximum atomic E-state index is 11.7. The number of ether oxygens (including phenoxy) is 1. The number of hydrogen-bond donors (Lipinski definition) is 2. The molecule has 0 saturated carbocycles. The van der Waals surface area contributed by atoms with E-state index in [0.29, 0.717) is 5.75 Å². The van der Waals surface area contributed by atoms with Crippen LogP contribution in [-0.2, 0) is 9.59 Å². The summed E-state index contributed by atoms with van der Waals surface area (Å²) >= 11 is 0. The summed E-state index contributed by atoms with van der Waals surface area (Å²) in [5.41, 5.74) is -0.540. The van der Waals surface area contributed by atoms with E-state index in [0.717, 1.165) is 0 Å². The highest BCUT2D eigenvalue weighted by atomic mass is 16.5. The molecule has 1 atom stereocenters. The van der Waals surface area contributed by atoms with E-state index >= 15 is 0 Å². The number of aliphatic carboxylic acids is 1. The lowest BCUT2D eigenvalue weighted by atomic mass is 9.86. The summed E-state index contributed by atoms with van der Waals surface area (Å²) in [6.45, 7) is 5.53. The van der Waals surface area contributed by atoms with Gasteiger partial charge in [-0.15, -0.1) is 0 Å². The van der Waals surface area contributed by atoms with E-state index in [1.807, 2.05) is 18.2 Å². The maximum absolute atomic E-state index is 11.7. The van der Waals surface area contributed by atoms with Gasteiger partial charge in [-0.05, 0) is 17.5 Å². The number of carbonyl (C=O) groups excluding carboxylic acids is 1. The molecule has 1 aromatic rings. The lowest BCUT2D eigenvalue weighted by Gasteiger charge is -2.27. The van der Waals surface area contributed by atoms with E-state index in [4.69, 9.17) is 9.84 Å². The quantitative estimate of drug-likeness (QED) is 0.836. The van der Waals surface area contributed by atoms with Gasteiger partial charge in [0.05, 0.1) is 13.0 Å². The lowest BCUT2D eigenvalue weighted by Crippen LogP contribution is -2.49. The summed E-state index contributed by atoms with van der Waals surface area (Å²) in [6, 6.07) is 8.25. The van der Waals surface area contributed by atoms with Crippen LogP contribution >= 0.6 is 0 Å². The first kappa shape index (κ1) is 16.0. The topological polar surface area (TPSA) is 75.6 Å². The fourth-order valence-electron chi connectivity index (χ4n) is 1.66. The molecule has 5 nitrogen and oxygen atoms in total. The number of amides is 1. The van der Waals surface area contributed by atoms with Crippen LogP contribution in [0.15, 0.2) is 30.3 Å². The molecule has 0 aliphatic heterocycles. The Morgan fingerprint density at radius 3 is 2.35 bits per heavy atom. The maximum Gasteiger partial charge on any atom is 0.326 e. The fourth-order valence-corrected chi connectivity index (χ4v) is 1.66. The third-order valence-electron chi connectivity index (χ3n) is 2.76. The van der Waals surface area contributed by atoms with Crippen molar-refractivity contribution in [3.8, 4) is 5.75 Å². The van der Waals surface area contributed by atoms with E-state index in [9.17, 15) is 9.59 Å². The monoisotopic (exact) mass is 279 g/mol. The zero-order valence-corrected chi connectivity index (χ0v) is 12.1. The Morgan fingerprint density at radius 1 is 1.25 bits per heavy atom. The molecule has 5 heteroatoms. The van der Waals surface area contributed by atoms with Gasteiger partial charge < -0.3 is 15.2 Å². The average molecular weight is 279 g/mol. The van der Waals surface area contributed by atoms with Crippen molar-refractivity contribution in [3.63, 3.8) is 0 Å². The number of nitrogens with one attached hydrogen (secondary N) is 1. The van der Waals surface area contributed by atoms with Crippen molar-refractivity contribution in [2.75, 3.05) is 6.61 Å². The second-order valence-corrected chi connectivity index (χ2v) is 5.62. The molecule has 0 radical (unpaired) electrons. The normalized spacial score (nSPS) is 12.6. The number of para-hydroxylation sites is 1. The molecule has 0 fully saturated rings. The highest BCUT2D eigenvalue weighted by Gasteiger charge is 2.32. The summed E-state index contributed by atoms with van der Waals surface area (Å²) in [7, 11) is 0. The molecule has 20 heavy (non-hydrogen) atoms. The fraction of sp³-hybridized carbons (Fsp3) is 0.467. The minimum absolute atomic E-state index is 0.120. The number of benzene rings is 1. The molecule has 0 spiro atoms. The van der Waals surface area contributed by atoms with Crippen LogP contribution < -0.4 is 10.1 Å². The van der Waals surface area contributed by atoms with Crippen LogP contribution in [-0.4, -0.2) is 29.6 Å². The van der Waals surface area contributed by atoms with Gasteiger partial charge in [-0.1, -0.05) is 39.0 Å². The van der Waals surface area contributed by atoms with Crippen LogP contribution in [0.5, 0.6) is 5.75 Å². The van der Waals surface area contributed by atoms with Crippen molar-refractivity contribution in [1.29, 1.82) is 0 Å². The molecular formula is C15H21NO4. The van der Waals surface area contributed by atoms with Crippen LogP contribution in [0.4, 0.5) is 0 Å². The van der Waals surface area contributed by atoms with Gasteiger partial charge in [0, 0.05) is 0 Å². The van der Waals surface area contributed by atoms with Crippen molar-refractivity contribution in [1.82, 2.24) is 5.32 Å². The van der Waals surface area contributed by atoms with Gasteiger partial charge in [-0.2, -0.15) is 0 Å². The second-order valence-electron chi connectivity index (χ2n) is 5.62. The van der Waals surface area contributed by atoms with E-state index < -0.39 is 17.4 Å². The number of rotatable bonds is 6. The predicted octanol–water partition coefficient (Wildman–Crippen LogP) is 2.07. The molecular weight excluding hydrogens is 258 g/mol. The number of carboxylic acids is 1. The molecule has 110 valence electrons. The van der Waals surface area contributed by atoms with Crippen LogP contribution in [0, 0.1) is 5.41 Å². The first-order valence-electron chi connectivity index (χ1n) is 6.50. The molecule has 0 heterocycles. The average Bonchev–Trinajstić information content (AvgIpc) is 2.35. The third kappa shape index (κ3) is 5.30. The van der Waals surface area contributed by atoms with Gasteiger partial charge in [0.15, 0.2) is 0 Å². The predicted molar refractivity (Wildman–Crippen MR) is 75.6 cm³/mol. The minimum Gasteiger partial charge on any atom is -0.493 e. The van der Waals surface area contributed by atoms with Crippen LogP contribution in [0.1, 0.15) is 27.2 Å². The molecule has 2 N–H and O–H groups in total. The van der Waals surface area contributed by atoms with E-state index in [1.165, 1.54) is 0 Å². The molecule has 0 saturated heterocycles. The Kier molecular flexibility index (Phi) is 5.55. The van der Waals surface area contributed by atoms with Crippen molar-refractivity contribution in [2.45, 2.75) is 33.2 Å². The summed E-state index contributed by atoms with van der Waals surface area (Å²) in [4.78, 5) is 22.9. The van der Waals surface area contributed by atoms with Gasteiger partial charge in [0.25, 0.3) is 0 Å². The lowest BCUT2D eigenvalue weighted by molar-refractivity contribution is -0.145. The number of carbonyl (C=O) groups is 2. The van der Waals surface area contributed by atoms with Gasteiger partial charge in [0.1, 0.15) is 11.8 Å². The van der Waals surface area contributed by atoms with Crippen LogP contribution in [0.25, 0.3) is 0 Å². The van der Waals surface area contributed by atoms with E-state index in [1.54, 1.807) is 32.9 Å². The summed E-state index contributed by atoms with van der Waals surface area (Å²) in [6.07, 6.45) is 0.120. The Bertz CT molecular complexity index is 451. The van der Waals surface area contributed by atoms with Gasteiger partial charge in [-0.25, -0.2) is 4.79 Å². The van der Waals surface area contributed by atoms with Crippen molar-refractivity contribution < 1.29 is 19.4 Å². The Morgan fingerprint density at radius 2 is 1.85 bits per heavy atom. The minimum atomic E-state index is -1.03. The SMILES string of the molecule is CC(C)(C)[C@@H](NC(=O)CCOc1ccccc1)C(=O)O. The zero-order valence-electron chi connectivity index (χ0n) is 12.1. The third-order valence-corrected chi connectivity index (χ3v) is 2.76. The van der Waals surface area contributed by atoms with Crippen molar-refractivity contribution >= 4 is 11.9 Å². The number of hydrogen-bond acceptors (Lipinski definition) is 3. The smallest absolute Gasteiger partial charge is 0.326 e. The second kappa shape index (κ2) is 6.93. The van der Waals surface area contributed by atoms with Crippen molar-refractivity contribution in [2.24, 2.45) is 5.41 Å². The molecule has 0 aromatic heterocycles. The Balaban J connectivity index is 2.41. The first-order valence-corrected chi connectivity index (χ1v) is 6.50. The zero-order chi connectivity index (χ0) is 15.2. The van der Waals surface area contributed by atoms with Crippen LogP contribution in [0.3, 0.4) is 0 Å². The Hall–Kier alpha value is -2.04. The van der Waals surface area contributed by atoms with Gasteiger partial charge in [-0.3, -0.25) is 4.79 Å². The van der Waals surface area contributed by atoms with Crippen molar-refractivity contribution in [3.05, 3.63) is 30.3 Å². The molecule has 0 aliphatic carbocycles. The van der Waals surface area contributed by atoms with Gasteiger partial charge in [0.2, 0.25) is 5.91 Å². The molecule has 0 bridgehead atoms. The molecule has 0 unspecified atom stereocenters. The largest absolute Gasteiger partial charge is 0.493 e. The molecule has 1 amide bonds. The molecule has 1 aromatic carbocycles. The van der Waals surface area contributed by atoms with E-state index in [2.05, 4.69) is 5.32 Å². The highest BCUT2D eigenvalue weighted by molar-refractivity contribution is 5.84. The molecule has 1 rings (SSSR count). The summed E-state index contributed by atoms with van der Waals surface area (Å²) < 4.78 is 5.40. The highest BCUT2D eigenvalue weighted by Crippen LogP contribution is 2.19. The van der Waals surface area contributed by atoms with E-state index in [-0.39, 0.29) is 18.9 Å². The number of carboxylic acid groups (broad SMARTS) is 1. The first-order chi connectivity index (χ1) is 9.30. The summed E-state index contributed by atoms with van der Waals surface area (Å²) in [5.74, 6) is -0.677. The van der Waals surface area contributed by atoms with Gasteiger partial charge >= 0.3 is 5.97 Å². The molecule has 0 aliphatic rings. The Labute approximate surface area is 118 Å². The summed E-state index contributed by atoms with van der Waals surface area (Å²) in [5, 5.41) is 11.6.